The third-order valence-electron chi connectivity index (χ3n) is 5.36. The molecule has 0 spiro atoms. The number of hydrogen-bond acceptors (Lipinski definition) is 8. The molecule has 3 rings (SSSR count). The van der Waals surface area contributed by atoms with Crippen molar-refractivity contribution in [1.82, 2.24) is 14.3 Å². The zero-order valence-corrected chi connectivity index (χ0v) is 22.2. The number of phenolic OH excluding ortho intramolecular Hbond substituents is 1. The molecular formula is C24H27Cl2N3O7. The molecule has 0 aliphatic heterocycles. The number of benzene rings is 2. The molecule has 3 aromatic rings. The minimum absolute atomic E-state index is 0.0791. The molecule has 1 heterocycles. The first-order chi connectivity index (χ1) is 16.9. The molecule has 36 heavy (non-hydrogen) atoms. The minimum atomic E-state index is -0.482. The Morgan fingerprint density at radius 1 is 0.944 bits per heavy atom. The van der Waals surface area contributed by atoms with E-state index < -0.39 is 11.9 Å². The van der Waals surface area contributed by atoms with Crippen molar-refractivity contribution in [2.24, 2.45) is 7.05 Å². The standard InChI is InChI=1S/C15H18ClN3O4.C9H9ClO3/c1-9-11(14(20)22-4)5-6-12(16)13(9)23-8-7-19-15(21)18(3)10(2)17-19;1-5-6(9(12)13-2)3-4-7(10)8(5)11/h5-6H,7-8H2,1-4H3;3-4,11H,1-2H3. The SMILES string of the molecule is COC(=O)c1ccc(Cl)c(O)c1C.COC(=O)c1ccc(Cl)c(OCCn2nc(C)n(C)c2=O)c1C. The number of nitrogens with zero attached hydrogens (tertiary/aromatic N) is 3. The van der Waals surface area contributed by atoms with Crippen LogP contribution in [-0.4, -0.2) is 52.2 Å². The van der Waals surface area contributed by atoms with Crippen molar-refractivity contribution in [3.05, 3.63) is 72.9 Å². The van der Waals surface area contributed by atoms with E-state index >= 15 is 0 Å². The third kappa shape index (κ3) is 6.38. The summed E-state index contributed by atoms with van der Waals surface area (Å²) in [4.78, 5) is 34.7. The van der Waals surface area contributed by atoms with Crippen molar-refractivity contribution < 1.29 is 28.9 Å². The predicted molar refractivity (Wildman–Crippen MR) is 134 cm³/mol. The van der Waals surface area contributed by atoms with Crippen molar-refractivity contribution in [1.29, 1.82) is 0 Å². The smallest absolute Gasteiger partial charge is 0.345 e. The van der Waals surface area contributed by atoms with Gasteiger partial charge in [0.1, 0.15) is 23.9 Å². The fourth-order valence-electron chi connectivity index (χ4n) is 3.14. The summed E-state index contributed by atoms with van der Waals surface area (Å²) < 4.78 is 17.7. The highest BCUT2D eigenvalue weighted by Crippen LogP contribution is 2.31. The van der Waals surface area contributed by atoms with E-state index in [-0.39, 0.29) is 29.6 Å². The number of aromatic nitrogens is 3. The molecule has 1 N–H and O–H groups in total. The first-order valence-corrected chi connectivity index (χ1v) is 11.4. The molecule has 0 unspecified atom stereocenters. The van der Waals surface area contributed by atoms with Gasteiger partial charge in [0.05, 0.1) is 41.9 Å². The molecule has 12 heteroatoms. The summed E-state index contributed by atoms with van der Waals surface area (Å²) in [6.07, 6.45) is 0. The molecule has 2 aromatic carbocycles. The monoisotopic (exact) mass is 539 g/mol. The van der Waals surface area contributed by atoms with Crippen LogP contribution in [0.2, 0.25) is 10.0 Å². The molecule has 0 amide bonds. The predicted octanol–water partition coefficient (Wildman–Crippen LogP) is 3.86. The van der Waals surface area contributed by atoms with Gasteiger partial charge in [0.2, 0.25) is 0 Å². The average molecular weight is 540 g/mol. The van der Waals surface area contributed by atoms with E-state index in [1.165, 1.54) is 35.6 Å². The van der Waals surface area contributed by atoms with Gasteiger partial charge in [-0.1, -0.05) is 23.2 Å². The molecule has 10 nitrogen and oxygen atoms in total. The van der Waals surface area contributed by atoms with Crippen LogP contribution < -0.4 is 10.4 Å². The quantitative estimate of drug-likeness (QED) is 0.468. The zero-order valence-electron chi connectivity index (χ0n) is 20.7. The van der Waals surface area contributed by atoms with E-state index in [2.05, 4.69) is 9.84 Å². The maximum atomic E-state index is 11.9. The summed E-state index contributed by atoms with van der Waals surface area (Å²) in [5, 5.41) is 14.1. The van der Waals surface area contributed by atoms with Crippen LogP contribution in [-0.2, 0) is 23.1 Å². The summed E-state index contributed by atoms with van der Waals surface area (Å²) in [5.41, 5.74) is 1.52. The Balaban J connectivity index is 0.000000297. The number of hydrogen-bond donors (Lipinski definition) is 1. The van der Waals surface area contributed by atoms with Crippen LogP contribution >= 0.6 is 23.2 Å². The summed E-state index contributed by atoms with van der Waals surface area (Å²) in [5.74, 6) is 0.00166. The van der Waals surface area contributed by atoms with Gasteiger partial charge in [-0.05, 0) is 45.0 Å². The molecule has 0 saturated carbocycles. The first-order valence-electron chi connectivity index (χ1n) is 10.6. The van der Waals surface area contributed by atoms with Gasteiger partial charge in [-0.2, -0.15) is 5.10 Å². The van der Waals surface area contributed by atoms with Gasteiger partial charge < -0.3 is 19.3 Å². The van der Waals surface area contributed by atoms with Gasteiger partial charge in [0, 0.05) is 18.2 Å². The van der Waals surface area contributed by atoms with Gasteiger partial charge in [0.25, 0.3) is 0 Å². The topological polar surface area (TPSA) is 122 Å². The number of aromatic hydroxyl groups is 1. The lowest BCUT2D eigenvalue weighted by atomic mass is 10.1. The zero-order chi connectivity index (χ0) is 27.2. The Hall–Kier alpha value is -3.50. The van der Waals surface area contributed by atoms with Crippen LogP contribution in [0.25, 0.3) is 0 Å². The number of esters is 2. The van der Waals surface area contributed by atoms with E-state index in [1.54, 1.807) is 40.0 Å². The molecule has 0 radical (unpaired) electrons. The highest BCUT2D eigenvalue weighted by atomic mass is 35.5. The molecule has 194 valence electrons. The number of methoxy groups -OCH3 is 2. The van der Waals surface area contributed by atoms with E-state index in [0.717, 1.165) is 0 Å². The van der Waals surface area contributed by atoms with E-state index in [4.69, 9.17) is 32.7 Å². The lowest BCUT2D eigenvalue weighted by Gasteiger charge is -2.13. The van der Waals surface area contributed by atoms with E-state index in [1.807, 2.05) is 0 Å². The van der Waals surface area contributed by atoms with Crippen molar-refractivity contribution in [3.63, 3.8) is 0 Å². The fourth-order valence-corrected chi connectivity index (χ4v) is 3.61. The van der Waals surface area contributed by atoms with Gasteiger partial charge >= 0.3 is 17.6 Å². The van der Waals surface area contributed by atoms with E-state index in [9.17, 15) is 19.5 Å². The number of halogens is 2. The summed E-state index contributed by atoms with van der Waals surface area (Å²) in [6, 6.07) is 6.13. The average Bonchev–Trinajstić information content (AvgIpc) is 3.10. The fraction of sp³-hybridized carbons (Fsp3) is 0.333. The summed E-state index contributed by atoms with van der Waals surface area (Å²) in [7, 11) is 4.25. The maximum Gasteiger partial charge on any atom is 0.345 e. The molecular weight excluding hydrogens is 513 g/mol. The Labute approximate surface area is 217 Å². The van der Waals surface area contributed by atoms with Crippen molar-refractivity contribution >= 4 is 35.1 Å². The molecule has 0 aliphatic rings. The van der Waals surface area contributed by atoms with Crippen LogP contribution in [0.1, 0.15) is 37.7 Å². The minimum Gasteiger partial charge on any atom is -0.506 e. The maximum absolute atomic E-state index is 11.9. The molecule has 0 atom stereocenters. The highest BCUT2D eigenvalue weighted by molar-refractivity contribution is 6.32. The Morgan fingerprint density at radius 2 is 1.47 bits per heavy atom. The van der Waals surface area contributed by atoms with Crippen LogP contribution in [0.5, 0.6) is 11.5 Å². The van der Waals surface area contributed by atoms with E-state index in [0.29, 0.717) is 38.9 Å². The second-order valence-corrected chi connectivity index (χ2v) is 8.38. The lowest BCUT2D eigenvalue weighted by molar-refractivity contribution is 0.0590. The Kier molecular flexibility index (Phi) is 9.94. The number of phenols is 1. The summed E-state index contributed by atoms with van der Waals surface area (Å²) >= 11 is 11.8. The molecule has 0 saturated heterocycles. The molecule has 0 fully saturated rings. The molecule has 0 bridgehead atoms. The largest absolute Gasteiger partial charge is 0.506 e. The lowest BCUT2D eigenvalue weighted by Crippen LogP contribution is -2.25. The Bertz CT molecular complexity index is 1330. The van der Waals surface area contributed by atoms with Crippen LogP contribution in [0, 0.1) is 20.8 Å². The number of carbonyl (C=O) groups is 2. The van der Waals surface area contributed by atoms with Crippen molar-refractivity contribution in [3.8, 4) is 11.5 Å². The molecule has 1 aromatic heterocycles. The van der Waals surface area contributed by atoms with Gasteiger partial charge in [-0.15, -0.1) is 0 Å². The molecule has 0 aliphatic carbocycles. The first kappa shape index (κ1) is 28.7. The van der Waals surface area contributed by atoms with Crippen LogP contribution in [0.4, 0.5) is 0 Å². The number of carbonyl (C=O) groups excluding carboxylic acids is 2. The normalized spacial score (nSPS) is 10.3. The second kappa shape index (κ2) is 12.5. The second-order valence-electron chi connectivity index (χ2n) is 7.56. The van der Waals surface area contributed by atoms with Gasteiger partial charge in [-0.3, -0.25) is 4.57 Å². The van der Waals surface area contributed by atoms with Gasteiger partial charge in [0.15, 0.2) is 0 Å². The van der Waals surface area contributed by atoms with Crippen molar-refractivity contribution in [2.75, 3.05) is 20.8 Å². The van der Waals surface area contributed by atoms with Crippen molar-refractivity contribution in [2.45, 2.75) is 27.3 Å². The third-order valence-corrected chi connectivity index (χ3v) is 5.96. The number of ether oxygens (including phenoxy) is 3. The van der Waals surface area contributed by atoms with Gasteiger partial charge in [-0.25, -0.2) is 19.1 Å². The van der Waals surface area contributed by atoms with Crippen LogP contribution in [0.15, 0.2) is 29.1 Å². The van der Waals surface area contributed by atoms with Crippen LogP contribution in [0.3, 0.4) is 0 Å². The number of rotatable bonds is 6. The number of aryl methyl sites for hydroxylation is 1. The Morgan fingerprint density at radius 3 is 1.97 bits per heavy atom. The highest BCUT2D eigenvalue weighted by Gasteiger charge is 2.17. The summed E-state index contributed by atoms with van der Waals surface area (Å²) in [6.45, 7) is 5.55.